The molecule has 3 aromatic rings. The van der Waals surface area contributed by atoms with E-state index in [9.17, 15) is 4.79 Å². The summed E-state index contributed by atoms with van der Waals surface area (Å²) in [5, 5.41) is 3.01. The fourth-order valence-corrected chi connectivity index (χ4v) is 3.29. The van der Waals surface area contributed by atoms with E-state index < -0.39 is 0 Å². The molecule has 0 atom stereocenters. The minimum absolute atomic E-state index is 0.112. The number of hydrogen-bond donors (Lipinski definition) is 1. The Bertz CT molecular complexity index is 969. The summed E-state index contributed by atoms with van der Waals surface area (Å²) in [5.74, 6) is 0.702. The average molecular weight is 421 g/mol. The number of para-hydroxylation sites is 1. The number of benzene rings is 2. The number of carbonyl (C=O) groups is 1. The number of ether oxygens (including phenoxy) is 1. The molecule has 0 aliphatic carbocycles. The summed E-state index contributed by atoms with van der Waals surface area (Å²) in [6, 6.07) is 15.9. The number of amides is 2. The molecule has 0 aliphatic rings. The summed E-state index contributed by atoms with van der Waals surface area (Å²) >= 11 is 0. The molecule has 1 aromatic heterocycles. The minimum atomic E-state index is -0.112. The molecule has 3 rings (SSSR count). The van der Waals surface area contributed by atoms with Gasteiger partial charge in [-0.25, -0.2) is 9.78 Å². The van der Waals surface area contributed by atoms with Crippen molar-refractivity contribution < 1.29 is 9.53 Å². The fraction of sp³-hybridized carbons (Fsp3) is 0.360. The van der Waals surface area contributed by atoms with Gasteiger partial charge < -0.3 is 19.5 Å². The van der Waals surface area contributed by atoms with E-state index >= 15 is 0 Å². The third-order valence-electron chi connectivity index (χ3n) is 5.18. The van der Waals surface area contributed by atoms with Crippen LogP contribution in [0.3, 0.4) is 0 Å². The van der Waals surface area contributed by atoms with Crippen molar-refractivity contribution >= 4 is 11.7 Å². The molecule has 164 valence electrons. The number of aromatic nitrogens is 2. The molecule has 0 saturated heterocycles. The number of nitrogens with zero attached hydrogens (tertiary/aromatic N) is 3. The van der Waals surface area contributed by atoms with Crippen molar-refractivity contribution in [3.8, 4) is 17.0 Å². The quantitative estimate of drug-likeness (QED) is 0.435. The van der Waals surface area contributed by atoms with E-state index in [0.29, 0.717) is 12.4 Å². The van der Waals surface area contributed by atoms with Crippen molar-refractivity contribution in [2.45, 2.75) is 39.7 Å². The van der Waals surface area contributed by atoms with Crippen molar-refractivity contribution in [1.29, 1.82) is 0 Å². The number of unbranched alkanes of at least 4 members (excludes halogenated alkanes) is 1. The fourth-order valence-electron chi connectivity index (χ4n) is 3.29. The third kappa shape index (κ3) is 6.35. The molecule has 0 unspecified atom stereocenters. The topological polar surface area (TPSA) is 59.4 Å². The van der Waals surface area contributed by atoms with E-state index in [1.165, 1.54) is 0 Å². The van der Waals surface area contributed by atoms with Crippen LogP contribution in [0.5, 0.6) is 5.75 Å². The Balaban J connectivity index is 1.53. The van der Waals surface area contributed by atoms with Crippen LogP contribution in [0.15, 0.2) is 61.1 Å². The van der Waals surface area contributed by atoms with Crippen molar-refractivity contribution in [3.05, 3.63) is 66.6 Å². The molecular formula is C25H32N4O2. The summed E-state index contributed by atoms with van der Waals surface area (Å²) in [5.41, 5.74) is 3.81. The molecule has 0 spiro atoms. The zero-order valence-corrected chi connectivity index (χ0v) is 18.7. The first-order valence-corrected chi connectivity index (χ1v) is 10.9. The van der Waals surface area contributed by atoms with E-state index in [1.807, 2.05) is 56.7 Å². The lowest BCUT2D eigenvalue weighted by Crippen LogP contribution is -2.32. The number of anilines is 1. The van der Waals surface area contributed by atoms with E-state index in [0.717, 1.165) is 54.9 Å². The highest BCUT2D eigenvalue weighted by Gasteiger charge is 2.13. The monoisotopic (exact) mass is 420 g/mol. The molecule has 1 heterocycles. The van der Waals surface area contributed by atoms with Crippen LogP contribution in [0.1, 0.15) is 31.7 Å². The maximum absolute atomic E-state index is 12.5. The second kappa shape index (κ2) is 11.2. The van der Waals surface area contributed by atoms with Gasteiger partial charge >= 0.3 is 6.03 Å². The molecule has 0 aliphatic heterocycles. The van der Waals surface area contributed by atoms with Crippen molar-refractivity contribution in [1.82, 2.24) is 14.5 Å². The molecular weight excluding hydrogens is 388 g/mol. The summed E-state index contributed by atoms with van der Waals surface area (Å²) < 4.78 is 8.10. The van der Waals surface area contributed by atoms with Crippen LogP contribution in [0, 0.1) is 6.92 Å². The first kappa shape index (κ1) is 22.4. The van der Waals surface area contributed by atoms with Crippen LogP contribution < -0.4 is 10.1 Å². The van der Waals surface area contributed by atoms with Crippen LogP contribution in [0.25, 0.3) is 11.3 Å². The summed E-state index contributed by atoms with van der Waals surface area (Å²) in [7, 11) is 1.82. The second-order valence-corrected chi connectivity index (χ2v) is 7.72. The van der Waals surface area contributed by atoms with Gasteiger partial charge in [-0.2, -0.15) is 0 Å². The third-order valence-corrected chi connectivity index (χ3v) is 5.18. The van der Waals surface area contributed by atoms with Crippen molar-refractivity contribution in [2.75, 3.05) is 25.5 Å². The first-order chi connectivity index (χ1) is 15.1. The van der Waals surface area contributed by atoms with Gasteiger partial charge in [0.05, 0.1) is 24.3 Å². The molecule has 0 fully saturated rings. The Morgan fingerprint density at radius 3 is 2.71 bits per heavy atom. The van der Waals surface area contributed by atoms with Gasteiger partial charge in [-0.15, -0.1) is 0 Å². The standard InChI is InChI=1S/C25H32N4O2/c1-4-5-15-28(3)25(30)27-24-20(2)11-9-14-23(24)31-17-10-16-29-18-22(26-19-29)21-12-7-6-8-13-21/h6-9,11-14,18-19H,4-5,10,15-17H2,1-3H3,(H,27,30). The number of urea groups is 1. The van der Waals surface area contributed by atoms with E-state index in [-0.39, 0.29) is 6.03 Å². The highest BCUT2D eigenvalue weighted by molar-refractivity contribution is 5.91. The normalized spacial score (nSPS) is 10.7. The van der Waals surface area contributed by atoms with Gasteiger partial charge in [-0.05, 0) is 31.4 Å². The van der Waals surface area contributed by atoms with Gasteiger partial charge in [0.2, 0.25) is 0 Å². The van der Waals surface area contributed by atoms with Crippen LogP contribution in [-0.2, 0) is 6.54 Å². The Kier molecular flexibility index (Phi) is 8.10. The van der Waals surface area contributed by atoms with E-state index in [4.69, 9.17) is 4.74 Å². The largest absolute Gasteiger partial charge is 0.491 e. The summed E-state index contributed by atoms with van der Waals surface area (Å²) in [6.45, 7) is 6.20. The maximum atomic E-state index is 12.5. The predicted molar refractivity (Wildman–Crippen MR) is 126 cm³/mol. The van der Waals surface area contributed by atoms with Gasteiger partial charge in [0, 0.05) is 31.9 Å². The van der Waals surface area contributed by atoms with Crippen molar-refractivity contribution in [3.63, 3.8) is 0 Å². The van der Waals surface area contributed by atoms with E-state index in [2.05, 4.69) is 40.1 Å². The molecule has 31 heavy (non-hydrogen) atoms. The Labute approximate surface area is 184 Å². The van der Waals surface area contributed by atoms with Crippen molar-refractivity contribution in [2.24, 2.45) is 0 Å². The molecule has 6 nitrogen and oxygen atoms in total. The van der Waals surface area contributed by atoms with Gasteiger partial charge in [0.15, 0.2) is 0 Å². The Hall–Kier alpha value is -3.28. The van der Waals surface area contributed by atoms with Gasteiger partial charge in [0.25, 0.3) is 0 Å². The molecule has 2 aromatic carbocycles. The summed E-state index contributed by atoms with van der Waals surface area (Å²) in [6.07, 6.45) is 6.79. The van der Waals surface area contributed by atoms with E-state index in [1.54, 1.807) is 4.90 Å². The number of carbonyl (C=O) groups excluding carboxylic acids is 1. The maximum Gasteiger partial charge on any atom is 0.321 e. The zero-order chi connectivity index (χ0) is 22.1. The number of aryl methyl sites for hydroxylation is 2. The molecule has 1 N–H and O–H groups in total. The highest BCUT2D eigenvalue weighted by atomic mass is 16.5. The Morgan fingerprint density at radius 1 is 1.13 bits per heavy atom. The highest BCUT2D eigenvalue weighted by Crippen LogP contribution is 2.28. The number of rotatable bonds is 10. The summed E-state index contributed by atoms with van der Waals surface area (Å²) in [4.78, 5) is 18.7. The molecule has 0 saturated carbocycles. The number of hydrogen-bond acceptors (Lipinski definition) is 3. The second-order valence-electron chi connectivity index (χ2n) is 7.72. The lowest BCUT2D eigenvalue weighted by Gasteiger charge is -2.20. The predicted octanol–water partition coefficient (Wildman–Crippen LogP) is 5.59. The molecule has 6 heteroatoms. The number of imidazole rings is 1. The van der Waals surface area contributed by atoms with Crippen LogP contribution in [0.4, 0.5) is 10.5 Å². The smallest absolute Gasteiger partial charge is 0.321 e. The lowest BCUT2D eigenvalue weighted by atomic mass is 10.2. The lowest BCUT2D eigenvalue weighted by molar-refractivity contribution is 0.221. The van der Waals surface area contributed by atoms with Crippen LogP contribution >= 0.6 is 0 Å². The molecule has 2 amide bonds. The van der Waals surface area contributed by atoms with Gasteiger partial charge in [-0.3, -0.25) is 0 Å². The first-order valence-electron chi connectivity index (χ1n) is 10.9. The van der Waals surface area contributed by atoms with Gasteiger partial charge in [0.1, 0.15) is 5.75 Å². The molecule has 0 bridgehead atoms. The minimum Gasteiger partial charge on any atom is -0.491 e. The Morgan fingerprint density at radius 2 is 1.94 bits per heavy atom. The van der Waals surface area contributed by atoms with Crippen LogP contribution in [0.2, 0.25) is 0 Å². The molecule has 0 radical (unpaired) electrons. The van der Waals surface area contributed by atoms with Gasteiger partial charge in [-0.1, -0.05) is 55.8 Å². The SMILES string of the molecule is CCCCN(C)C(=O)Nc1c(C)cccc1OCCCn1cnc(-c2ccccc2)c1. The zero-order valence-electron chi connectivity index (χ0n) is 18.7. The van der Waals surface area contributed by atoms with Crippen LogP contribution in [-0.4, -0.2) is 40.7 Å². The number of nitrogens with one attached hydrogen (secondary N) is 1. The average Bonchev–Trinajstić information content (AvgIpc) is 3.26.